The van der Waals surface area contributed by atoms with Gasteiger partial charge in [0.2, 0.25) is 6.41 Å². The number of hydrogen-bond donors (Lipinski definition) is 0. The van der Waals surface area contributed by atoms with Gasteiger partial charge in [-0.15, -0.1) is 0 Å². The average Bonchev–Trinajstić information content (AvgIpc) is 2.29. The number of hydrogen-bond acceptors (Lipinski definition) is 2. The molecule has 1 aromatic carbocycles. The standard InChI is InChI=1S/C12H14N2O/c1-2-3-9-13-14(11-15)10-12-7-5-4-6-8-12/h2-9,11H,10H2,1H3. The van der Waals surface area contributed by atoms with Crippen molar-refractivity contribution in [1.29, 1.82) is 0 Å². The summed E-state index contributed by atoms with van der Waals surface area (Å²) in [4.78, 5) is 10.7. The molecule has 0 saturated carbocycles. The van der Waals surface area contributed by atoms with Gasteiger partial charge >= 0.3 is 0 Å². The highest BCUT2D eigenvalue weighted by Gasteiger charge is 1.98. The molecule has 0 aromatic heterocycles. The number of benzene rings is 1. The Morgan fingerprint density at radius 3 is 2.67 bits per heavy atom. The maximum Gasteiger partial charge on any atom is 0.230 e. The van der Waals surface area contributed by atoms with E-state index in [1.165, 1.54) is 5.01 Å². The van der Waals surface area contributed by atoms with Crippen LogP contribution < -0.4 is 0 Å². The second-order valence-electron chi connectivity index (χ2n) is 2.98. The van der Waals surface area contributed by atoms with E-state index in [2.05, 4.69) is 5.10 Å². The van der Waals surface area contributed by atoms with Crippen LogP contribution in [0, 0.1) is 0 Å². The van der Waals surface area contributed by atoms with E-state index in [0.717, 1.165) is 5.56 Å². The fourth-order valence-corrected chi connectivity index (χ4v) is 1.09. The number of nitrogens with zero attached hydrogens (tertiary/aromatic N) is 2. The van der Waals surface area contributed by atoms with E-state index in [9.17, 15) is 4.79 Å². The fourth-order valence-electron chi connectivity index (χ4n) is 1.09. The summed E-state index contributed by atoms with van der Waals surface area (Å²) in [5.41, 5.74) is 1.06. The summed E-state index contributed by atoms with van der Waals surface area (Å²) < 4.78 is 0. The van der Waals surface area contributed by atoms with Gasteiger partial charge in [-0.05, 0) is 18.6 Å². The smallest absolute Gasteiger partial charge is 0.230 e. The Kier molecular flexibility index (Phi) is 4.87. The van der Waals surface area contributed by atoms with Gasteiger partial charge < -0.3 is 0 Å². The predicted molar refractivity (Wildman–Crippen MR) is 61.4 cm³/mol. The SMILES string of the molecule is CC=CC=NN(C=O)Cc1ccccc1. The van der Waals surface area contributed by atoms with E-state index in [-0.39, 0.29) is 0 Å². The summed E-state index contributed by atoms with van der Waals surface area (Å²) >= 11 is 0. The highest BCUT2D eigenvalue weighted by Crippen LogP contribution is 2.02. The van der Waals surface area contributed by atoms with Gasteiger partial charge in [0.25, 0.3) is 0 Å². The van der Waals surface area contributed by atoms with Gasteiger partial charge in [0, 0.05) is 6.21 Å². The van der Waals surface area contributed by atoms with Crippen LogP contribution in [0.3, 0.4) is 0 Å². The molecule has 1 amide bonds. The highest BCUT2D eigenvalue weighted by molar-refractivity contribution is 5.71. The quantitative estimate of drug-likeness (QED) is 0.409. The minimum atomic E-state index is 0.498. The molecule has 3 heteroatoms. The third kappa shape index (κ3) is 4.22. The van der Waals surface area contributed by atoms with E-state index in [0.29, 0.717) is 13.0 Å². The topological polar surface area (TPSA) is 32.7 Å². The summed E-state index contributed by atoms with van der Waals surface area (Å²) in [6.45, 7) is 2.40. The van der Waals surface area contributed by atoms with Crippen molar-refractivity contribution in [2.45, 2.75) is 13.5 Å². The average molecular weight is 202 g/mol. The lowest BCUT2D eigenvalue weighted by molar-refractivity contribution is -0.118. The number of amides is 1. The second kappa shape index (κ2) is 6.54. The van der Waals surface area contributed by atoms with Crippen molar-refractivity contribution >= 4 is 12.6 Å². The van der Waals surface area contributed by atoms with Crippen molar-refractivity contribution in [3.05, 3.63) is 48.0 Å². The van der Waals surface area contributed by atoms with Crippen LogP contribution in [0.25, 0.3) is 0 Å². The molecule has 0 saturated heterocycles. The van der Waals surface area contributed by atoms with Gasteiger partial charge in [0.05, 0.1) is 6.54 Å². The molecule has 0 aliphatic heterocycles. The maximum absolute atomic E-state index is 10.7. The molecule has 1 rings (SSSR count). The fraction of sp³-hybridized carbons (Fsp3) is 0.167. The zero-order valence-electron chi connectivity index (χ0n) is 8.71. The number of rotatable bonds is 5. The van der Waals surface area contributed by atoms with E-state index in [4.69, 9.17) is 0 Å². The minimum Gasteiger partial charge on any atom is -0.277 e. The van der Waals surface area contributed by atoms with Gasteiger partial charge in [-0.2, -0.15) is 5.10 Å². The third-order valence-electron chi connectivity index (χ3n) is 1.80. The molecule has 0 aliphatic rings. The Bertz CT molecular complexity index is 344. The lowest BCUT2D eigenvalue weighted by Gasteiger charge is -2.09. The summed E-state index contributed by atoms with van der Waals surface area (Å²) in [6, 6.07) is 9.74. The van der Waals surface area contributed by atoms with Gasteiger partial charge in [0.15, 0.2) is 0 Å². The van der Waals surface area contributed by atoms with Crippen LogP contribution in [-0.2, 0) is 11.3 Å². The van der Waals surface area contributed by atoms with Crippen LogP contribution in [0.1, 0.15) is 12.5 Å². The van der Waals surface area contributed by atoms with Crippen LogP contribution in [0.2, 0.25) is 0 Å². The van der Waals surface area contributed by atoms with Crippen LogP contribution in [0.15, 0.2) is 47.6 Å². The van der Waals surface area contributed by atoms with Gasteiger partial charge in [-0.25, -0.2) is 5.01 Å². The van der Waals surface area contributed by atoms with Crippen LogP contribution in [0.4, 0.5) is 0 Å². The summed E-state index contributed by atoms with van der Waals surface area (Å²) in [6.07, 6.45) is 5.95. The molecule has 0 radical (unpaired) electrons. The van der Waals surface area contributed by atoms with Gasteiger partial charge in [-0.3, -0.25) is 4.79 Å². The lowest BCUT2D eigenvalue weighted by Crippen LogP contribution is -2.14. The van der Waals surface area contributed by atoms with Crippen LogP contribution in [0.5, 0.6) is 0 Å². The minimum absolute atomic E-state index is 0.498. The van der Waals surface area contributed by atoms with Crippen molar-refractivity contribution in [3.63, 3.8) is 0 Å². The lowest BCUT2D eigenvalue weighted by atomic mass is 10.2. The van der Waals surface area contributed by atoms with E-state index < -0.39 is 0 Å². The van der Waals surface area contributed by atoms with Crippen molar-refractivity contribution in [3.8, 4) is 0 Å². The predicted octanol–water partition coefficient (Wildman–Crippen LogP) is 2.21. The number of carbonyl (C=O) groups is 1. The Morgan fingerprint density at radius 2 is 2.07 bits per heavy atom. The normalized spacial score (nSPS) is 11.0. The Hall–Kier alpha value is -1.90. The van der Waals surface area contributed by atoms with Crippen LogP contribution in [-0.4, -0.2) is 17.6 Å². The molecular formula is C12H14N2O. The first-order valence-electron chi connectivity index (χ1n) is 4.78. The maximum atomic E-state index is 10.7. The second-order valence-corrected chi connectivity index (χ2v) is 2.98. The van der Waals surface area contributed by atoms with E-state index in [1.54, 1.807) is 12.3 Å². The van der Waals surface area contributed by atoms with Gasteiger partial charge in [-0.1, -0.05) is 36.4 Å². The zero-order chi connectivity index (χ0) is 10.9. The largest absolute Gasteiger partial charge is 0.277 e. The molecule has 1 aromatic rings. The van der Waals surface area contributed by atoms with E-state index in [1.807, 2.05) is 43.3 Å². The van der Waals surface area contributed by atoms with E-state index >= 15 is 0 Å². The monoisotopic (exact) mass is 202 g/mol. The van der Waals surface area contributed by atoms with Gasteiger partial charge in [0.1, 0.15) is 0 Å². The zero-order valence-corrected chi connectivity index (χ0v) is 8.71. The molecule has 0 unspecified atom stereocenters. The summed E-state index contributed by atoms with van der Waals surface area (Å²) in [5, 5.41) is 5.34. The molecule has 3 nitrogen and oxygen atoms in total. The first-order chi connectivity index (χ1) is 7.36. The third-order valence-corrected chi connectivity index (χ3v) is 1.80. The van der Waals surface area contributed by atoms with Crippen molar-refractivity contribution in [2.24, 2.45) is 5.10 Å². The molecular weight excluding hydrogens is 188 g/mol. The molecule has 0 atom stereocenters. The Morgan fingerprint density at radius 1 is 1.33 bits per heavy atom. The molecule has 0 bridgehead atoms. The molecule has 0 aliphatic carbocycles. The first-order valence-corrected chi connectivity index (χ1v) is 4.78. The molecule has 15 heavy (non-hydrogen) atoms. The Labute approximate surface area is 89.7 Å². The number of hydrazone groups is 1. The molecule has 0 fully saturated rings. The van der Waals surface area contributed by atoms with Crippen molar-refractivity contribution in [1.82, 2.24) is 5.01 Å². The molecule has 78 valence electrons. The highest BCUT2D eigenvalue weighted by atomic mass is 16.1. The Balaban J connectivity index is 2.58. The number of allylic oxidation sites excluding steroid dienone is 2. The summed E-state index contributed by atoms with van der Waals surface area (Å²) in [7, 11) is 0. The molecule has 0 heterocycles. The van der Waals surface area contributed by atoms with Crippen LogP contribution >= 0.6 is 0 Å². The summed E-state index contributed by atoms with van der Waals surface area (Å²) in [5.74, 6) is 0. The van der Waals surface area contributed by atoms with Crippen molar-refractivity contribution in [2.75, 3.05) is 0 Å². The van der Waals surface area contributed by atoms with Crippen molar-refractivity contribution < 1.29 is 4.79 Å². The molecule has 0 spiro atoms. The number of carbonyl (C=O) groups excluding carboxylic acids is 1. The first kappa shape index (κ1) is 11.2. The molecule has 0 N–H and O–H groups in total.